The molecular formula is C16H10N2O6. The number of benzene rings is 2. The van der Waals surface area contributed by atoms with Crippen molar-refractivity contribution in [2.75, 3.05) is 0 Å². The molecule has 2 aromatic carbocycles. The van der Waals surface area contributed by atoms with Crippen LogP contribution in [0.15, 0.2) is 51.0 Å². The maximum atomic E-state index is 11.6. The molecule has 8 nitrogen and oxygen atoms in total. The third-order valence-electron chi connectivity index (χ3n) is 3.68. The molecule has 3 aromatic rings. The van der Waals surface area contributed by atoms with E-state index in [4.69, 9.17) is 9.15 Å². The molecule has 4 rings (SSSR count). The molecule has 1 aliphatic rings. The van der Waals surface area contributed by atoms with Gasteiger partial charge in [-0.3, -0.25) is 0 Å². The minimum atomic E-state index is -1.25. The zero-order valence-electron chi connectivity index (χ0n) is 12.0. The first-order valence-electron chi connectivity index (χ1n) is 6.92. The number of carbonyl (C=O) groups is 1. The summed E-state index contributed by atoms with van der Waals surface area (Å²) < 4.78 is 9.41. The summed E-state index contributed by atoms with van der Waals surface area (Å²) in [5, 5.41) is 37.3. The minimum absolute atomic E-state index is 0.242. The van der Waals surface area contributed by atoms with Crippen LogP contribution >= 0.6 is 0 Å². The fraction of sp³-hybridized carbons (Fsp3) is 0.0625. The first-order valence-corrected chi connectivity index (χ1v) is 6.92. The fourth-order valence-electron chi connectivity index (χ4n) is 2.50. The molecule has 0 fully saturated rings. The Bertz CT molecular complexity index is 1010. The van der Waals surface area contributed by atoms with Crippen LogP contribution in [0, 0.1) is 0 Å². The number of rotatable bonds is 2. The number of carbonyl (C=O) groups excluding carboxylic acids is 1. The van der Waals surface area contributed by atoms with Crippen molar-refractivity contribution in [1.82, 2.24) is 0 Å². The van der Waals surface area contributed by atoms with Crippen LogP contribution in [0.5, 0.6) is 11.9 Å². The predicted molar refractivity (Wildman–Crippen MR) is 80.5 cm³/mol. The van der Waals surface area contributed by atoms with Gasteiger partial charge in [-0.1, -0.05) is 0 Å². The molecule has 1 atom stereocenters. The summed E-state index contributed by atoms with van der Waals surface area (Å²) in [5.74, 6) is -1.40. The standard InChI is InChI=1S/C16H10N2O6/c19-13-9-3-1-7(5-11(9)15(21)23-13)17-18-8-2-4-10-12(6-8)16(22)24-14(10)20/h1-6,13,19-20,22H. The van der Waals surface area contributed by atoms with Crippen molar-refractivity contribution in [3.8, 4) is 11.9 Å². The highest BCUT2D eigenvalue weighted by Gasteiger charge is 2.29. The normalized spacial score (nSPS) is 16.7. The number of azo groups is 1. The lowest BCUT2D eigenvalue weighted by molar-refractivity contribution is -0.0547. The maximum Gasteiger partial charge on any atom is 0.341 e. The molecule has 0 radical (unpaired) electrons. The van der Waals surface area contributed by atoms with E-state index < -0.39 is 18.2 Å². The number of cyclic esters (lactones) is 1. The smallest absolute Gasteiger partial charge is 0.341 e. The van der Waals surface area contributed by atoms with E-state index in [1.54, 1.807) is 24.3 Å². The minimum Gasteiger partial charge on any atom is -0.480 e. The van der Waals surface area contributed by atoms with Gasteiger partial charge in [0.25, 0.3) is 11.9 Å². The van der Waals surface area contributed by atoms with Crippen LogP contribution in [-0.2, 0) is 4.74 Å². The van der Waals surface area contributed by atoms with Crippen LogP contribution in [0.25, 0.3) is 10.8 Å². The predicted octanol–water partition coefficient (Wildman–Crippen LogP) is 3.42. The number of aromatic hydroxyl groups is 2. The van der Waals surface area contributed by atoms with Gasteiger partial charge in [0.15, 0.2) is 0 Å². The van der Waals surface area contributed by atoms with E-state index in [0.717, 1.165) is 0 Å². The average molecular weight is 326 g/mol. The van der Waals surface area contributed by atoms with Crippen molar-refractivity contribution in [2.24, 2.45) is 10.2 Å². The Morgan fingerprint density at radius 3 is 2.38 bits per heavy atom. The zero-order valence-corrected chi connectivity index (χ0v) is 12.0. The van der Waals surface area contributed by atoms with Crippen LogP contribution in [0.4, 0.5) is 11.4 Å². The average Bonchev–Trinajstić information content (AvgIpc) is 3.02. The quantitative estimate of drug-likeness (QED) is 0.489. The highest BCUT2D eigenvalue weighted by molar-refractivity contribution is 5.95. The highest BCUT2D eigenvalue weighted by Crippen LogP contribution is 2.38. The van der Waals surface area contributed by atoms with Gasteiger partial charge in [-0.05, 0) is 36.4 Å². The van der Waals surface area contributed by atoms with E-state index in [-0.39, 0.29) is 11.5 Å². The summed E-state index contributed by atoms with van der Waals surface area (Å²) in [7, 11) is 0. The molecule has 0 saturated carbocycles. The molecule has 0 aliphatic carbocycles. The van der Waals surface area contributed by atoms with E-state index in [1.165, 1.54) is 12.1 Å². The molecule has 1 unspecified atom stereocenters. The Morgan fingerprint density at radius 1 is 0.917 bits per heavy atom. The fourth-order valence-corrected chi connectivity index (χ4v) is 2.50. The number of furan rings is 1. The number of aliphatic hydroxyl groups excluding tert-OH is 1. The molecule has 0 saturated heterocycles. The highest BCUT2D eigenvalue weighted by atomic mass is 16.6. The second kappa shape index (κ2) is 5.07. The summed E-state index contributed by atoms with van der Waals surface area (Å²) in [6.07, 6.45) is -1.25. The van der Waals surface area contributed by atoms with Crippen LogP contribution < -0.4 is 0 Å². The lowest BCUT2D eigenvalue weighted by Gasteiger charge is -2.00. The van der Waals surface area contributed by atoms with E-state index >= 15 is 0 Å². The molecule has 3 N–H and O–H groups in total. The molecular weight excluding hydrogens is 316 g/mol. The van der Waals surface area contributed by atoms with Crippen LogP contribution in [0.3, 0.4) is 0 Å². The van der Waals surface area contributed by atoms with Gasteiger partial charge in [-0.2, -0.15) is 10.2 Å². The lowest BCUT2D eigenvalue weighted by atomic mass is 10.1. The van der Waals surface area contributed by atoms with Crippen molar-refractivity contribution in [3.05, 3.63) is 47.5 Å². The number of hydrogen-bond donors (Lipinski definition) is 3. The van der Waals surface area contributed by atoms with Gasteiger partial charge in [0.1, 0.15) is 0 Å². The molecule has 2 heterocycles. The molecule has 0 amide bonds. The Labute approximate surface area is 134 Å². The van der Waals surface area contributed by atoms with Gasteiger partial charge in [-0.15, -0.1) is 0 Å². The molecule has 0 spiro atoms. The summed E-state index contributed by atoms with van der Waals surface area (Å²) >= 11 is 0. The summed E-state index contributed by atoms with van der Waals surface area (Å²) in [6.45, 7) is 0. The zero-order chi connectivity index (χ0) is 16.8. The van der Waals surface area contributed by atoms with Gasteiger partial charge in [-0.25, -0.2) is 4.79 Å². The number of esters is 1. The van der Waals surface area contributed by atoms with Crippen molar-refractivity contribution >= 4 is 28.1 Å². The number of hydrogen-bond acceptors (Lipinski definition) is 8. The topological polar surface area (TPSA) is 125 Å². The third kappa shape index (κ3) is 2.17. The number of fused-ring (bicyclic) bond motifs is 2. The lowest BCUT2D eigenvalue weighted by Crippen LogP contribution is -1.95. The van der Waals surface area contributed by atoms with E-state index in [1.807, 2.05) is 0 Å². The molecule has 1 aliphatic heterocycles. The van der Waals surface area contributed by atoms with Crippen LogP contribution in [0.1, 0.15) is 22.2 Å². The Balaban J connectivity index is 1.67. The Kier molecular flexibility index (Phi) is 3.00. The van der Waals surface area contributed by atoms with Gasteiger partial charge < -0.3 is 24.5 Å². The second-order valence-electron chi connectivity index (χ2n) is 5.17. The van der Waals surface area contributed by atoms with Crippen LogP contribution in [0.2, 0.25) is 0 Å². The first-order chi connectivity index (χ1) is 11.5. The van der Waals surface area contributed by atoms with Gasteiger partial charge in [0.2, 0.25) is 6.29 Å². The summed E-state index contributed by atoms with van der Waals surface area (Å²) in [5.41, 5.74) is 1.45. The molecule has 24 heavy (non-hydrogen) atoms. The van der Waals surface area contributed by atoms with Crippen LogP contribution in [-0.4, -0.2) is 21.3 Å². The maximum absolute atomic E-state index is 11.6. The Hall–Kier alpha value is -3.39. The van der Waals surface area contributed by atoms with Crippen molar-refractivity contribution in [3.63, 3.8) is 0 Å². The summed E-state index contributed by atoms with van der Waals surface area (Å²) in [6, 6.07) is 9.24. The molecule has 1 aromatic heterocycles. The monoisotopic (exact) mass is 326 g/mol. The first kappa shape index (κ1) is 14.2. The second-order valence-corrected chi connectivity index (χ2v) is 5.17. The third-order valence-corrected chi connectivity index (χ3v) is 3.68. The number of nitrogens with zero attached hydrogens (tertiary/aromatic N) is 2. The SMILES string of the molecule is O=C1OC(O)c2ccc(N=Nc3ccc4c(O)oc(O)c4c3)cc21. The summed E-state index contributed by atoms with van der Waals surface area (Å²) in [4.78, 5) is 11.6. The number of aliphatic hydroxyl groups is 1. The van der Waals surface area contributed by atoms with E-state index in [2.05, 4.69) is 10.2 Å². The number of ether oxygens (including phenoxy) is 1. The van der Waals surface area contributed by atoms with Gasteiger partial charge in [0.05, 0.1) is 27.7 Å². The largest absolute Gasteiger partial charge is 0.480 e. The van der Waals surface area contributed by atoms with Crippen molar-refractivity contribution in [2.45, 2.75) is 6.29 Å². The molecule has 0 bridgehead atoms. The van der Waals surface area contributed by atoms with Crippen molar-refractivity contribution in [1.29, 1.82) is 0 Å². The van der Waals surface area contributed by atoms with Crippen molar-refractivity contribution < 1.29 is 29.3 Å². The Morgan fingerprint density at radius 2 is 1.58 bits per heavy atom. The van der Waals surface area contributed by atoms with E-state index in [0.29, 0.717) is 27.7 Å². The van der Waals surface area contributed by atoms with Gasteiger partial charge in [0, 0.05) is 5.56 Å². The molecule has 8 heteroatoms. The van der Waals surface area contributed by atoms with Gasteiger partial charge >= 0.3 is 5.97 Å². The molecule has 120 valence electrons. The van der Waals surface area contributed by atoms with E-state index in [9.17, 15) is 20.1 Å².